The zero-order chi connectivity index (χ0) is 13.6. The van der Waals surface area contributed by atoms with Crippen LogP contribution in [0.3, 0.4) is 0 Å². The van der Waals surface area contributed by atoms with Gasteiger partial charge in [0.25, 0.3) is 0 Å². The Morgan fingerprint density at radius 1 is 1.11 bits per heavy atom. The number of esters is 2. The van der Waals surface area contributed by atoms with E-state index >= 15 is 0 Å². The second-order valence-electron chi connectivity index (χ2n) is 5.43. The first-order chi connectivity index (χ1) is 9.11. The lowest BCUT2D eigenvalue weighted by Crippen LogP contribution is -2.38. The fourth-order valence-electron chi connectivity index (χ4n) is 3.35. The summed E-state index contributed by atoms with van der Waals surface area (Å²) in [4.78, 5) is 23.5. The van der Waals surface area contributed by atoms with Crippen LogP contribution >= 0.6 is 0 Å². The fourth-order valence-corrected chi connectivity index (χ4v) is 3.35. The topological polar surface area (TPSA) is 71.1 Å². The minimum Gasteiger partial charge on any atom is -0.467 e. The molecule has 106 valence electrons. The monoisotopic (exact) mass is 270 g/mol. The zero-order valence-electron chi connectivity index (χ0n) is 11.1. The van der Waals surface area contributed by atoms with Gasteiger partial charge in [0.05, 0.1) is 14.2 Å². The van der Waals surface area contributed by atoms with Gasteiger partial charge in [-0.05, 0) is 25.2 Å². The van der Waals surface area contributed by atoms with Gasteiger partial charge in [0, 0.05) is 12.3 Å². The van der Waals surface area contributed by atoms with Gasteiger partial charge in [-0.1, -0.05) is 0 Å². The van der Waals surface area contributed by atoms with E-state index in [4.69, 9.17) is 18.9 Å². The van der Waals surface area contributed by atoms with Crippen LogP contribution in [0, 0.1) is 11.8 Å². The van der Waals surface area contributed by atoms with Crippen LogP contribution < -0.4 is 0 Å². The summed E-state index contributed by atoms with van der Waals surface area (Å²) in [5.74, 6) is -1.07. The van der Waals surface area contributed by atoms with Crippen molar-refractivity contribution in [1.29, 1.82) is 0 Å². The average Bonchev–Trinajstić information content (AvgIpc) is 3.14. The van der Waals surface area contributed by atoms with E-state index in [1.807, 2.05) is 0 Å². The number of carbonyl (C=O) groups is 2. The molecule has 3 unspecified atom stereocenters. The summed E-state index contributed by atoms with van der Waals surface area (Å²) in [6, 6.07) is 0. The Morgan fingerprint density at radius 2 is 1.68 bits per heavy atom. The summed E-state index contributed by atoms with van der Waals surface area (Å²) in [5, 5.41) is 0. The third kappa shape index (κ3) is 1.94. The Labute approximate surface area is 111 Å². The molecule has 1 spiro atoms. The molecule has 3 rings (SSSR count). The Kier molecular flexibility index (Phi) is 3.02. The van der Waals surface area contributed by atoms with E-state index in [2.05, 4.69) is 0 Å². The predicted octanol–water partition coefficient (Wildman–Crippen LogP) is 0.633. The van der Waals surface area contributed by atoms with Crippen LogP contribution in [0.4, 0.5) is 0 Å². The molecule has 6 heteroatoms. The highest BCUT2D eigenvalue weighted by atomic mass is 16.8. The summed E-state index contributed by atoms with van der Waals surface area (Å²) < 4.78 is 21.0. The molecule has 0 bridgehead atoms. The van der Waals surface area contributed by atoms with Crippen LogP contribution in [0.5, 0.6) is 0 Å². The summed E-state index contributed by atoms with van der Waals surface area (Å²) in [7, 11) is 2.54. The standard InChI is InChI=1S/C13H18O6/c1-16-11(14)9-10(12(15)17-2)19-13(18-9)5-3-4-7-6-8(7)13/h7-10H,3-6H2,1-2H3/t7?,8?,9-,10+,13?. The highest BCUT2D eigenvalue weighted by Gasteiger charge is 2.65. The Morgan fingerprint density at radius 3 is 2.21 bits per heavy atom. The van der Waals surface area contributed by atoms with Crippen molar-refractivity contribution < 1.29 is 28.5 Å². The van der Waals surface area contributed by atoms with Crippen molar-refractivity contribution in [3.05, 3.63) is 0 Å². The summed E-state index contributed by atoms with van der Waals surface area (Å²) >= 11 is 0. The molecule has 0 aromatic rings. The molecule has 3 fully saturated rings. The molecule has 0 aromatic carbocycles. The maximum absolute atomic E-state index is 11.8. The number of hydrogen-bond donors (Lipinski definition) is 0. The number of carbonyl (C=O) groups excluding carboxylic acids is 2. The van der Waals surface area contributed by atoms with Crippen LogP contribution in [0.15, 0.2) is 0 Å². The lowest BCUT2D eigenvalue weighted by molar-refractivity contribution is -0.211. The van der Waals surface area contributed by atoms with Gasteiger partial charge in [-0.25, -0.2) is 9.59 Å². The van der Waals surface area contributed by atoms with E-state index in [9.17, 15) is 9.59 Å². The van der Waals surface area contributed by atoms with Gasteiger partial charge in [0.2, 0.25) is 0 Å². The zero-order valence-corrected chi connectivity index (χ0v) is 11.1. The maximum Gasteiger partial charge on any atom is 0.338 e. The SMILES string of the molecule is COC(=O)[C@H]1OC2(CCCC3CC32)O[C@H]1C(=O)OC. The van der Waals surface area contributed by atoms with E-state index in [-0.39, 0.29) is 0 Å². The van der Waals surface area contributed by atoms with Crippen molar-refractivity contribution in [3.8, 4) is 0 Å². The van der Waals surface area contributed by atoms with Crippen molar-refractivity contribution in [2.75, 3.05) is 14.2 Å². The fraction of sp³-hybridized carbons (Fsp3) is 0.846. The van der Waals surface area contributed by atoms with Gasteiger partial charge in [-0.3, -0.25) is 0 Å². The number of ether oxygens (including phenoxy) is 4. The maximum atomic E-state index is 11.8. The summed E-state index contributed by atoms with van der Waals surface area (Å²) in [6.07, 6.45) is 1.89. The van der Waals surface area contributed by atoms with Crippen LogP contribution in [0.1, 0.15) is 25.7 Å². The molecule has 1 saturated heterocycles. The van der Waals surface area contributed by atoms with Gasteiger partial charge >= 0.3 is 11.9 Å². The smallest absolute Gasteiger partial charge is 0.338 e. The van der Waals surface area contributed by atoms with Crippen molar-refractivity contribution in [3.63, 3.8) is 0 Å². The molecule has 19 heavy (non-hydrogen) atoms. The molecule has 1 heterocycles. The number of hydrogen-bond acceptors (Lipinski definition) is 6. The predicted molar refractivity (Wildman–Crippen MR) is 62.0 cm³/mol. The van der Waals surface area contributed by atoms with Gasteiger partial charge in [0.15, 0.2) is 18.0 Å². The minimum atomic E-state index is -1.02. The molecule has 6 nitrogen and oxygen atoms in total. The molecule has 0 N–H and O–H groups in total. The van der Waals surface area contributed by atoms with Crippen molar-refractivity contribution >= 4 is 11.9 Å². The first-order valence-corrected chi connectivity index (χ1v) is 6.62. The van der Waals surface area contributed by atoms with Crippen molar-refractivity contribution in [2.24, 2.45) is 11.8 Å². The Bertz CT molecular complexity index is 382. The second kappa shape index (κ2) is 4.45. The first kappa shape index (κ1) is 12.9. The van der Waals surface area contributed by atoms with Gasteiger partial charge in [-0.15, -0.1) is 0 Å². The highest BCUT2D eigenvalue weighted by molar-refractivity contribution is 5.86. The van der Waals surface area contributed by atoms with Crippen LogP contribution in [-0.2, 0) is 28.5 Å². The number of rotatable bonds is 2. The average molecular weight is 270 g/mol. The highest BCUT2D eigenvalue weighted by Crippen LogP contribution is 2.59. The Hall–Kier alpha value is -1.14. The molecule has 3 aliphatic rings. The molecule has 0 aromatic heterocycles. The van der Waals surface area contributed by atoms with E-state index in [0.29, 0.717) is 11.8 Å². The van der Waals surface area contributed by atoms with Crippen molar-refractivity contribution in [2.45, 2.75) is 43.7 Å². The van der Waals surface area contributed by atoms with Gasteiger partial charge < -0.3 is 18.9 Å². The second-order valence-corrected chi connectivity index (χ2v) is 5.43. The molecule has 1 aliphatic heterocycles. The van der Waals surface area contributed by atoms with E-state index in [1.54, 1.807) is 0 Å². The number of fused-ring (bicyclic) bond motifs is 2. The third-order valence-corrected chi connectivity index (χ3v) is 4.38. The molecule has 0 radical (unpaired) electrons. The van der Waals surface area contributed by atoms with Gasteiger partial charge in [-0.2, -0.15) is 0 Å². The molecular formula is C13H18O6. The largest absolute Gasteiger partial charge is 0.467 e. The van der Waals surface area contributed by atoms with Crippen LogP contribution in [-0.4, -0.2) is 44.2 Å². The van der Waals surface area contributed by atoms with Gasteiger partial charge in [0.1, 0.15) is 0 Å². The molecular weight excluding hydrogens is 252 g/mol. The lowest BCUT2D eigenvalue weighted by atomic mass is 9.94. The first-order valence-electron chi connectivity index (χ1n) is 6.62. The van der Waals surface area contributed by atoms with Crippen LogP contribution in [0.2, 0.25) is 0 Å². The third-order valence-electron chi connectivity index (χ3n) is 4.38. The molecule has 2 saturated carbocycles. The van der Waals surface area contributed by atoms with Crippen molar-refractivity contribution in [1.82, 2.24) is 0 Å². The lowest BCUT2D eigenvalue weighted by Gasteiger charge is -2.31. The molecule has 2 aliphatic carbocycles. The van der Waals surface area contributed by atoms with E-state index < -0.39 is 29.9 Å². The van der Waals surface area contributed by atoms with E-state index in [0.717, 1.165) is 19.3 Å². The minimum absolute atomic E-state index is 0.295. The molecule has 5 atom stereocenters. The number of methoxy groups -OCH3 is 2. The Balaban J connectivity index is 1.83. The summed E-state index contributed by atoms with van der Waals surface area (Å²) in [5.41, 5.74) is 0. The molecule has 0 amide bonds. The normalized spacial score (nSPS) is 43.7. The van der Waals surface area contributed by atoms with Crippen LogP contribution in [0.25, 0.3) is 0 Å². The quantitative estimate of drug-likeness (QED) is 0.685. The van der Waals surface area contributed by atoms with E-state index in [1.165, 1.54) is 20.6 Å². The summed E-state index contributed by atoms with van der Waals surface area (Å²) in [6.45, 7) is 0.